The number of benzene rings is 1. The Morgan fingerprint density at radius 3 is 2.35 bits per heavy atom. The Bertz CT molecular complexity index is 455. The Morgan fingerprint density at radius 2 is 1.85 bits per heavy atom. The summed E-state index contributed by atoms with van der Waals surface area (Å²) in [5.41, 5.74) is 2.00. The van der Waals surface area contributed by atoms with Crippen LogP contribution < -0.4 is 5.32 Å². The molecule has 3 nitrogen and oxygen atoms in total. The molecule has 0 heterocycles. The molecule has 0 aliphatic rings. The first-order chi connectivity index (χ1) is 9.47. The zero-order chi connectivity index (χ0) is 15.1. The highest BCUT2D eigenvalue weighted by Crippen LogP contribution is 2.18. The third-order valence-corrected chi connectivity index (χ3v) is 4.56. The molecule has 0 aliphatic heterocycles. The predicted molar refractivity (Wildman–Crippen MR) is 92.4 cm³/mol. The second-order valence-corrected chi connectivity index (χ2v) is 6.53. The van der Waals surface area contributed by atoms with Gasteiger partial charge in [0.2, 0.25) is 5.91 Å². The number of nitrogens with zero attached hydrogens (tertiary/aromatic N) is 1. The van der Waals surface area contributed by atoms with Crippen molar-refractivity contribution < 1.29 is 4.79 Å². The monoisotopic (exact) mass is 310 g/mol. The van der Waals surface area contributed by atoms with Crippen molar-refractivity contribution in [3.8, 4) is 0 Å². The van der Waals surface area contributed by atoms with E-state index in [9.17, 15) is 4.79 Å². The maximum absolute atomic E-state index is 12.1. The van der Waals surface area contributed by atoms with Crippen molar-refractivity contribution in [2.24, 2.45) is 0 Å². The zero-order valence-corrected chi connectivity index (χ0v) is 14.1. The number of thioether (sulfide) groups is 1. The topological polar surface area (TPSA) is 32.3 Å². The first kappa shape index (κ1) is 17.0. The lowest BCUT2D eigenvalue weighted by Crippen LogP contribution is -2.31. The highest BCUT2D eigenvalue weighted by molar-refractivity contribution is 8.23. The van der Waals surface area contributed by atoms with E-state index >= 15 is 0 Å². The van der Waals surface area contributed by atoms with Crippen molar-refractivity contribution in [2.75, 3.05) is 18.4 Å². The Morgan fingerprint density at radius 1 is 1.30 bits per heavy atom. The number of carbonyl (C=O) groups excluding carboxylic acids is 1. The lowest BCUT2D eigenvalue weighted by atomic mass is 10.2. The average Bonchev–Trinajstić information content (AvgIpc) is 2.42. The molecule has 110 valence electrons. The van der Waals surface area contributed by atoms with Crippen LogP contribution in [0.5, 0.6) is 0 Å². The predicted octanol–water partition coefficient (Wildman–Crippen LogP) is 3.68. The highest BCUT2D eigenvalue weighted by atomic mass is 32.2. The molecule has 1 amide bonds. The molecule has 0 unspecified atom stereocenters. The van der Waals surface area contributed by atoms with Gasteiger partial charge in [-0.2, -0.15) is 0 Å². The largest absolute Gasteiger partial charge is 0.358 e. The zero-order valence-electron chi connectivity index (χ0n) is 12.5. The molecule has 0 fully saturated rings. The second-order valence-electron chi connectivity index (χ2n) is 4.55. The minimum Gasteiger partial charge on any atom is -0.358 e. The summed E-state index contributed by atoms with van der Waals surface area (Å²) in [5.74, 6) is -0.0200. The van der Waals surface area contributed by atoms with E-state index < -0.39 is 0 Å². The van der Waals surface area contributed by atoms with Gasteiger partial charge in [0.15, 0.2) is 0 Å². The third-order valence-electron chi connectivity index (χ3n) is 2.99. The van der Waals surface area contributed by atoms with Gasteiger partial charge in [-0.1, -0.05) is 41.7 Å². The fraction of sp³-hybridized carbons (Fsp3) is 0.467. The van der Waals surface area contributed by atoms with E-state index in [0.29, 0.717) is 0 Å². The molecule has 0 saturated heterocycles. The Kier molecular flexibility index (Phi) is 7.02. The molecule has 0 bridgehead atoms. The van der Waals surface area contributed by atoms with E-state index in [1.165, 1.54) is 17.3 Å². The normalized spacial score (nSPS) is 11.8. The average molecular weight is 310 g/mol. The maximum atomic E-state index is 12.1. The van der Waals surface area contributed by atoms with Crippen molar-refractivity contribution in [3.63, 3.8) is 0 Å². The molecular formula is C15H22N2OS2. The summed E-state index contributed by atoms with van der Waals surface area (Å²) < 4.78 is 0.779. The standard InChI is InChI=1S/C15H22N2OS2/c1-5-17(6-2)15(19)20-12(4)14(18)16-13-9-7-11(3)8-10-13/h7-10,12H,5-6H2,1-4H3,(H,16,18)/t12-/m1/s1. The summed E-state index contributed by atoms with van der Waals surface area (Å²) in [4.78, 5) is 14.2. The number of amides is 1. The van der Waals surface area contributed by atoms with E-state index in [4.69, 9.17) is 12.2 Å². The maximum Gasteiger partial charge on any atom is 0.237 e. The Labute approximate surface area is 131 Å². The molecule has 1 aromatic carbocycles. The van der Waals surface area contributed by atoms with Crippen LogP contribution in [0.25, 0.3) is 0 Å². The lowest BCUT2D eigenvalue weighted by Gasteiger charge is -2.22. The van der Waals surface area contributed by atoms with Crippen LogP contribution in [0.3, 0.4) is 0 Å². The molecule has 1 aromatic rings. The smallest absolute Gasteiger partial charge is 0.237 e. The van der Waals surface area contributed by atoms with Crippen LogP contribution in [-0.4, -0.2) is 33.5 Å². The number of anilines is 1. The fourth-order valence-corrected chi connectivity index (χ4v) is 3.21. The van der Waals surface area contributed by atoms with E-state index in [-0.39, 0.29) is 11.2 Å². The van der Waals surface area contributed by atoms with Crippen LogP contribution in [0.4, 0.5) is 5.69 Å². The fourth-order valence-electron chi connectivity index (χ4n) is 1.64. The molecule has 0 radical (unpaired) electrons. The third kappa shape index (κ3) is 5.13. The first-order valence-corrected chi connectivity index (χ1v) is 8.09. The van der Waals surface area contributed by atoms with E-state index in [1.54, 1.807) is 0 Å². The lowest BCUT2D eigenvalue weighted by molar-refractivity contribution is -0.115. The second kappa shape index (κ2) is 8.27. The summed E-state index contributed by atoms with van der Waals surface area (Å²) >= 11 is 6.79. The summed E-state index contributed by atoms with van der Waals surface area (Å²) in [6.45, 7) is 9.76. The summed E-state index contributed by atoms with van der Waals surface area (Å²) in [6, 6.07) is 7.78. The molecule has 5 heteroatoms. The first-order valence-electron chi connectivity index (χ1n) is 6.81. The van der Waals surface area contributed by atoms with Crippen molar-refractivity contribution in [2.45, 2.75) is 32.9 Å². The van der Waals surface area contributed by atoms with Crippen LogP contribution in [0.1, 0.15) is 26.3 Å². The summed E-state index contributed by atoms with van der Waals surface area (Å²) in [6.07, 6.45) is 0. The number of aryl methyl sites for hydroxylation is 1. The number of thiocarbonyl (C=S) groups is 1. The van der Waals surface area contributed by atoms with Crippen LogP contribution in [0.2, 0.25) is 0 Å². The molecule has 1 rings (SSSR count). The van der Waals surface area contributed by atoms with Gasteiger partial charge < -0.3 is 10.2 Å². The van der Waals surface area contributed by atoms with Gasteiger partial charge in [-0.3, -0.25) is 4.79 Å². The molecule has 1 N–H and O–H groups in total. The highest BCUT2D eigenvalue weighted by Gasteiger charge is 2.18. The van der Waals surface area contributed by atoms with E-state index in [0.717, 1.165) is 23.1 Å². The summed E-state index contributed by atoms with van der Waals surface area (Å²) in [5, 5.41) is 2.71. The number of rotatable bonds is 5. The molecule has 0 aromatic heterocycles. The molecule has 0 saturated carbocycles. The van der Waals surface area contributed by atoms with Crippen molar-refractivity contribution in [3.05, 3.63) is 29.8 Å². The van der Waals surface area contributed by atoms with Gasteiger partial charge in [-0.05, 0) is 39.8 Å². The Hall–Kier alpha value is -1.07. The van der Waals surface area contributed by atoms with Gasteiger partial charge in [-0.25, -0.2) is 0 Å². The van der Waals surface area contributed by atoms with Gasteiger partial charge in [0, 0.05) is 18.8 Å². The minimum atomic E-state index is -0.204. The molecule has 0 aliphatic carbocycles. The minimum absolute atomic E-state index is 0.0200. The van der Waals surface area contributed by atoms with E-state index in [1.807, 2.05) is 38.1 Å². The van der Waals surface area contributed by atoms with Gasteiger partial charge in [0.25, 0.3) is 0 Å². The Balaban J connectivity index is 2.54. The number of hydrogen-bond acceptors (Lipinski definition) is 3. The van der Waals surface area contributed by atoms with Gasteiger partial charge in [0.1, 0.15) is 4.32 Å². The van der Waals surface area contributed by atoms with Crippen LogP contribution >= 0.6 is 24.0 Å². The number of hydrogen-bond donors (Lipinski definition) is 1. The summed E-state index contributed by atoms with van der Waals surface area (Å²) in [7, 11) is 0. The van der Waals surface area contributed by atoms with Crippen LogP contribution in [0, 0.1) is 6.92 Å². The van der Waals surface area contributed by atoms with Gasteiger partial charge in [0.05, 0.1) is 5.25 Å². The SMILES string of the molecule is CCN(CC)C(=S)S[C@H](C)C(=O)Nc1ccc(C)cc1. The number of nitrogens with one attached hydrogen (secondary N) is 1. The number of carbonyl (C=O) groups is 1. The van der Waals surface area contributed by atoms with Crippen molar-refractivity contribution in [1.82, 2.24) is 4.90 Å². The van der Waals surface area contributed by atoms with E-state index in [2.05, 4.69) is 24.1 Å². The van der Waals surface area contributed by atoms with Crippen LogP contribution in [-0.2, 0) is 4.79 Å². The van der Waals surface area contributed by atoms with Gasteiger partial charge >= 0.3 is 0 Å². The van der Waals surface area contributed by atoms with Crippen molar-refractivity contribution >= 4 is 39.9 Å². The quantitative estimate of drug-likeness (QED) is 0.841. The molecular weight excluding hydrogens is 288 g/mol. The molecule has 1 atom stereocenters. The van der Waals surface area contributed by atoms with Crippen molar-refractivity contribution in [1.29, 1.82) is 0 Å². The molecule has 20 heavy (non-hydrogen) atoms. The van der Waals surface area contributed by atoms with Crippen LogP contribution in [0.15, 0.2) is 24.3 Å². The molecule has 0 spiro atoms. The van der Waals surface area contributed by atoms with Gasteiger partial charge in [-0.15, -0.1) is 0 Å².